The van der Waals surface area contributed by atoms with Crippen LogP contribution in [0, 0.1) is 5.92 Å². The monoisotopic (exact) mass is 294 g/mol. The molecule has 0 saturated carbocycles. The molecule has 1 heterocycles. The second-order valence-corrected chi connectivity index (χ2v) is 4.92. The molecule has 116 valence electrons. The van der Waals surface area contributed by atoms with E-state index < -0.39 is 0 Å². The lowest BCUT2D eigenvalue weighted by molar-refractivity contribution is -0.124. The number of hydrogen-bond donors (Lipinski definition) is 2. The average Bonchev–Trinajstić information content (AvgIpc) is 3.06. The lowest BCUT2D eigenvalue weighted by atomic mass is 10.1. The van der Waals surface area contributed by atoms with Gasteiger partial charge in [0.05, 0.1) is 39.4 Å². The summed E-state index contributed by atoms with van der Waals surface area (Å²) in [5.74, 6) is 2.02. The molecule has 1 aromatic carbocycles. The molecule has 2 N–H and O–H groups in total. The van der Waals surface area contributed by atoms with Crippen LogP contribution >= 0.6 is 0 Å². The molecule has 1 fully saturated rings. The summed E-state index contributed by atoms with van der Waals surface area (Å²) < 4.78 is 15.9. The van der Waals surface area contributed by atoms with E-state index in [0.29, 0.717) is 23.8 Å². The largest absolute Gasteiger partial charge is 0.496 e. The molecule has 1 aromatic rings. The highest BCUT2D eigenvalue weighted by Crippen LogP contribution is 2.33. The maximum atomic E-state index is 12.1. The van der Waals surface area contributed by atoms with E-state index in [0.717, 1.165) is 25.1 Å². The Kier molecular flexibility index (Phi) is 5.27. The zero-order valence-corrected chi connectivity index (χ0v) is 12.7. The minimum Gasteiger partial charge on any atom is -0.496 e. The fourth-order valence-electron chi connectivity index (χ4n) is 2.45. The van der Waals surface area contributed by atoms with Crippen molar-refractivity contribution in [3.8, 4) is 17.2 Å². The van der Waals surface area contributed by atoms with E-state index in [-0.39, 0.29) is 11.8 Å². The van der Waals surface area contributed by atoms with Crippen LogP contribution in [-0.2, 0) is 11.3 Å². The van der Waals surface area contributed by atoms with Gasteiger partial charge in [-0.15, -0.1) is 0 Å². The summed E-state index contributed by atoms with van der Waals surface area (Å²) in [5.41, 5.74) is 0.806. The Morgan fingerprint density at radius 2 is 1.90 bits per heavy atom. The van der Waals surface area contributed by atoms with E-state index in [1.165, 1.54) is 0 Å². The lowest BCUT2D eigenvalue weighted by Crippen LogP contribution is -2.31. The van der Waals surface area contributed by atoms with E-state index in [1.54, 1.807) is 33.5 Å². The van der Waals surface area contributed by atoms with Crippen molar-refractivity contribution in [1.29, 1.82) is 0 Å². The Hall–Kier alpha value is -1.95. The van der Waals surface area contributed by atoms with E-state index in [1.807, 2.05) is 0 Å². The number of carbonyl (C=O) groups excluding carboxylic acids is 1. The molecule has 6 heteroatoms. The van der Waals surface area contributed by atoms with Crippen LogP contribution in [0.5, 0.6) is 17.2 Å². The zero-order valence-electron chi connectivity index (χ0n) is 12.7. The molecule has 0 aromatic heterocycles. The second-order valence-electron chi connectivity index (χ2n) is 4.92. The lowest BCUT2D eigenvalue weighted by Gasteiger charge is -2.16. The van der Waals surface area contributed by atoms with Crippen molar-refractivity contribution in [2.24, 2.45) is 5.92 Å². The first-order valence-corrected chi connectivity index (χ1v) is 6.97. The predicted octanol–water partition coefficient (Wildman–Crippen LogP) is 0.938. The van der Waals surface area contributed by atoms with Crippen molar-refractivity contribution in [3.63, 3.8) is 0 Å². The molecular weight excluding hydrogens is 272 g/mol. The van der Waals surface area contributed by atoms with Crippen LogP contribution in [0.3, 0.4) is 0 Å². The van der Waals surface area contributed by atoms with Crippen LogP contribution in [0.1, 0.15) is 12.0 Å². The quantitative estimate of drug-likeness (QED) is 0.817. The zero-order chi connectivity index (χ0) is 15.2. The molecule has 0 radical (unpaired) electrons. The topological polar surface area (TPSA) is 68.8 Å². The van der Waals surface area contributed by atoms with Crippen LogP contribution in [0.2, 0.25) is 0 Å². The molecular formula is C15H22N2O4. The maximum Gasteiger partial charge on any atom is 0.224 e. The first-order chi connectivity index (χ1) is 10.2. The third-order valence-electron chi connectivity index (χ3n) is 3.69. The molecule has 1 saturated heterocycles. The number of nitrogens with one attached hydrogen (secondary N) is 2. The van der Waals surface area contributed by atoms with Gasteiger partial charge in [0, 0.05) is 18.7 Å². The van der Waals surface area contributed by atoms with Gasteiger partial charge >= 0.3 is 0 Å². The Morgan fingerprint density at radius 3 is 2.38 bits per heavy atom. The fraction of sp³-hybridized carbons (Fsp3) is 0.533. The maximum absolute atomic E-state index is 12.1. The highest BCUT2D eigenvalue weighted by Gasteiger charge is 2.23. The highest BCUT2D eigenvalue weighted by atomic mass is 16.5. The van der Waals surface area contributed by atoms with E-state index in [4.69, 9.17) is 14.2 Å². The number of amides is 1. The summed E-state index contributed by atoms with van der Waals surface area (Å²) in [4.78, 5) is 12.1. The normalized spacial score (nSPS) is 17.4. The summed E-state index contributed by atoms with van der Waals surface area (Å²) in [6.07, 6.45) is 0.878. The summed E-state index contributed by atoms with van der Waals surface area (Å²) >= 11 is 0. The fourth-order valence-corrected chi connectivity index (χ4v) is 2.45. The van der Waals surface area contributed by atoms with Crippen molar-refractivity contribution in [2.45, 2.75) is 13.0 Å². The summed E-state index contributed by atoms with van der Waals surface area (Å²) in [6, 6.07) is 3.56. The van der Waals surface area contributed by atoms with Crippen LogP contribution < -0.4 is 24.8 Å². The highest BCUT2D eigenvalue weighted by molar-refractivity contribution is 5.79. The molecule has 1 unspecified atom stereocenters. The summed E-state index contributed by atoms with van der Waals surface area (Å²) in [6.45, 7) is 2.00. The van der Waals surface area contributed by atoms with Crippen molar-refractivity contribution >= 4 is 5.91 Å². The van der Waals surface area contributed by atoms with Gasteiger partial charge in [-0.3, -0.25) is 4.79 Å². The van der Waals surface area contributed by atoms with Crippen molar-refractivity contribution in [1.82, 2.24) is 10.6 Å². The van der Waals surface area contributed by atoms with Gasteiger partial charge in [-0.2, -0.15) is 0 Å². The number of carbonyl (C=O) groups is 1. The number of methoxy groups -OCH3 is 3. The van der Waals surface area contributed by atoms with Crippen LogP contribution in [0.4, 0.5) is 0 Å². The van der Waals surface area contributed by atoms with E-state index in [9.17, 15) is 4.79 Å². The number of ether oxygens (including phenoxy) is 3. The molecule has 1 aliphatic rings. The predicted molar refractivity (Wildman–Crippen MR) is 78.9 cm³/mol. The smallest absolute Gasteiger partial charge is 0.224 e. The van der Waals surface area contributed by atoms with Gasteiger partial charge < -0.3 is 24.8 Å². The van der Waals surface area contributed by atoms with Crippen LogP contribution in [0.15, 0.2) is 12.1 Å². The van der Waals surface area contributed by atoms with Crippen LogP contribution in [-0.4, -0.2) is 40.3 Å². The van der Waals surface area contributed by atoms with Crippen LogP contribution in [0.25, 0.3) is 0 Å². The summed E-state index contributed by atoms with van der Waals surface area (Å²) in [7, 11) is 4.75. The standard InChI is InChI=1S/C15H22N2O4/c1-19-11-6-13(20-2)12(14(7-11)21-3)9-17-15(18)10-4-5-16-8-10/h6-7,10,16H,4-5,8-9H2,1-3H3,(H,17,18). The number of hydrogen-bond acceptors (Lipinski definition) is 5. The first-order valence-electron chi connectivity index (χ1n) is 6.97. The third kappa shape index (κ3) is 3.58. The molecule has 1 atom stereocenters. The van der Waals surface area contributed by atoms with Gasteiger partial charge in [-0.05, 0) is 13.0 Å². The third-order valence-corrected chi connectivity index (χ3v) is 3.69. The Bertz CT molecular complexity index is 473. The van der Waals surface area contributed by atoms with Crippen molar-refractivity contribution in [3.05, 3.63) is 17.7 Å². The average molecular weight is 294 g/mol. The molecule has 0 bridgehead atoms. The number of rotatable bonds is 6. The molecule has 1 amide bonds. The minimum atomic E-state index is 0.0419. The Balaban J connectivity index is 2.12. The van der Waals surface area contributed by atoms with Gasteiger partial charge in [-0.1, -0.05) is 0 Å². The van der Waals surface area contributed by atoms with Gasteiger partial charge in [0.25, 0.3) is 0 Å². The van der Waals surface area contributed by atoms with Gasteiger partial charge in [0.1, 0.15) is 17.2 Å². The molecule has 6 nitrogen and oxygen atoms in total. The van der Waals surface area contributed by atoms with E-state index in [2.05, 4.69) is 10.6 Å². The summed E-state index contributed by atoms with van der Waals surface area (Å²) in [5, 5.41) is 6.13. The van der Waals surface area contributed by atoms with E-state index >= 15 is 0 Å². The first kappa shape index (κ1) is 15.4. The second kappa shape index (κ2) is 7.17. The molecule has 0 aliphatic carbocycles. The minimum absolute atomic E-state index is 0.0419. The number of benzene rings is 1. The van der Waals surface area contributed by atoms with Crippen molar-refractivity contribution < 1.29 is 19.0 Å². The molecule has 21 heavy (non-hydrogen) atoms. The van der Waals surface area contributed by atoms with Crippen molar-refractivity contribution in [2.75, 3.05) is 34.4 Å². The van der Waals surface area contributed by atoms with Gasteiger partial charge in [0.15, 0.2) is 0 Å². The Morgan fingerprint density at radius 1 is 1.24 bits per heavy atom. The SMILES string of the molecule is COc1cc(OC)c(CNC(=O)C2CCNC2)c(OC)c1. The molecule has 0 spiro atoms. The molecule has 1 aliphatic heterocycles. The van der Waals surface area contributed by atoms with Gasteiger partial charge in [-0.25, -0.2) is 0 Å². The van der Waals surface area contributed by atoms with Gasteiger partial charge in [0.2, 0.25) is 5.91 Å². The Labute approximate surface area is 124 Å². The molecule has 2 rings (SSSR count).